The summed E-state index contributed by atoms with van der Waals surface area (Å²) in [7, 11) is -1.73. The second-order valence-corrected chi connectivity index (χ2v) is 16.9. The topological polar surface area (TPSA) is 152 Å². The number of aliphatic carboxylic acids is 1. The van der Waals surface area contributed by atoms with Crippen LogP contribution in [0.15, 0.2) is 39.9 Å². The molecule has 2 saturated heterocycles. The van der Waals surface area contributed by atoms with Gasteiger partial charge in [-0.1, -0.05) is 0 Å². The molecule has 1 N–H and O–H groups in total. The minimum Gasteiger partial charge on any atom is -0.477 e. The van der Waals surface area contributed by atoms with Crippen LogP contribution < -0.4 is 0 Å². The first-order chi connectivity index (χ1) is 18.8. The molecular weight excluding hydrogens is 556 g/mol. The number of hydrogen-bond donors (Lipinski definition) is 1. The molecule has 0 aromatic heterocycles. The van der Waals surface area contributed by atoms with Gasteiger partial charge in [-0.15, -0.1) is 11.8 Å². The molecular formula is C26H34N4O8SSi. The van der Waals surface area contributed by atoms with Crippen molar-refractivity contribution in [2.24, 2.45) is 10.9 Å². The molecule has 2 amide bonds. The SMILES string of the molecule is CC(=NC(=O)OCc1ccc([N+](=O)[O-])cc1)N1CC[C@H](SC2=C(C(=O)O)N3C(=O)C[C@@H]3[C@H]2CCO[Si](C)(C)C)C1. The molecule has 0 saturated carbocycles. The maximum absolute atomic E-state index is 12.3. The lowest BCUT2D eigenvalue weighted by atomic mass is 9.90. The molecule has 1 aromatic rings. The Morgan fingerprint density at radius 3 is 2.55 bits per heavy atom. The van der Waals surface area contributed by atoms with Crippen LogP contribution in [0.2, 0.25) is 19.6 Å². The van der Waals surface area contributed by atoms with E-state index >= 15 is 0 Å². The van der Waals surface area contributed by atoms with Gasteiger partial charge in [0, 0.05) is 54.3 Å². The maximum atomic E-state index is 12.3. The Bertz CT molecular complexity index is 1250. The summed E-state index contributed by atoms with van der Waals surface area (Å²) in [5, 5.41) is 20.8. The average Bonchev–Trinajstić information content (AvgIpc) is 3.43. The van der Waals surface area contributed by atoms with Crippen LogP contribution in [-0.4, -0.2) is 82.9 Å². The van der Waals surface area contributed by atoms with Gasteiger partial charge in [-0.3, -0.25) is 14.9 Å². The summed E-state index contributed by atoms with van der Waals surface area (Å²) in [4.78, 5) is 55.3. The molecule has 0 radical (unpaired) electrons. The molecule has 0 bridgehead atoms. The van der Waals surface area contributed by atoms with E-state index in [0.29, 0.717) is 43.9 Å². The minimum absolute atomic E-state index is 0.0445. The molecule has 0 spiro atoms. The number of hydrogen-bond acceptors (Lipinski definition) is 8. The third-order valence-electron chi connectivity index (χ3n) is 7.08. The van der Waals surface area contributed by atoms with E-state index in [-0.39, 0.29) is 41.1 Å². The number of rotatable bonds is 10. The summed E-state index contributed by atoms with van der Waals surface area (Å²) in [6.07, 6.45) is 1.02. The number of likely N-dealkylation sites (tertiary alicyclic amines) is 1. The molecule has 3 heterocycles. The van der Waals surface area contributed by atoms with Crippen LogP contribution in [0, 0.1) is 16.0 Å². The van der Waals surface area contributed by atoms with Gasteiger partial charge < -0.3 is 24.1 Å². The van der Waals surface area contributed by atoms with Gasteiger partial charge in [-0.05, 0) is 57.1 Å². The van der Waals surface area contributed by atoms with E-state index in [1.165, 1.54) is 40.9 Å². The van der Waals surface area contributed by atoms with Crippen LogP contribution in [0.25, 0.3) is 0 Å². The highest BCUT2D eigenvalue weighted by molar-refractivity contribution is 8.03. The number of thioether (sulfide) groups is 1. The van der Waals surface area contributed by atoms with Crippen LogP contribution in [0.1, 0.15) is 31.7 Å². The predicted molar refractivity (Wildman–Crippen MR) is 151 cm³/mol. The molecule has 0 unspecified atom stereocenters. The fourth-order valence-electron chi connectivity index (χ4n) is 5.08. The largest absolute Gasteiger partial charge is 0.477 e. The van der Waals surface area contributed by atoms with Crippen LogP contribution >= 0.6 is 11.8 Å². The first-order valence-electron chi connectivity index (χ1n) is 13.1. The van der Waals surface area contributed by atoms with Crippen LogP contribution in [0.4, 0.5) is 10.5 Å². The van der Waals surface area contributed by atoms with Crippen LogP contribution in [0.5, 0.6) is 0 Å². The maximum Gasteiger partial charge on any atom is 0.435 e. The molecule has 4 rings (SSSR count). The van der Waals surface area contributed by atoms with E-state index in [4.69, 9.17) is 9.16 Å². The molecule has 1 aromatic carbocycles. The summed E-state index contributed by atoms with van der Waals surface area (Å²) in [5.41, 5.74) is 0.663. The van der Waals surface area contributed by atoms with Crippen LogP contribution in [0.3, 0.4) is 0 Å². The number of ether oxygens (including phenoxy) is 1. The number of fused-ring (bicyclic) bond motifs is 1. The van der Waals surface area contributed by atoms with Crippen molar-refractivity contribution >= 4 is 49.6 Å². The van der Waals surface area contributed by atoms with E-state index in [2.05, 4.69) is 24.6 Å². The first-order valence-corrected chi connectivity index (χ1v) is 17.4. The second-order valence-electron chi connectivity index (χ2n) is 11.0. The number of nitro groups is 1. The highest BCUT2D eigenvalue weighted by atomic mass is 32.2. The second kappa shape index (κ2) is 12.1. The zero-order valence-electron chi connectivity index (χ0n) is 23.0. The number of carbonyl (C=O) groups excluding carboxylic acids is 2. The van der Waals surface area contributed by atoms with Gasteiger partial charge in [0.25, 0.3) is 5.69 Å². The van der Waals surface area contributed by atoms with Gasteiger partial charge in [0.05, 0.1) is 11.0 Å². The molecule has 3 aliphatic rings. The third kappa shape index (κ3) is 6.91. The Labute approximate surface area is 237 Å². The zero-order chi connectivity index (χ0) is 29.2. The van der Waals surface area contributed by atoms with Crippen LogP contribution in [-0.2, 0) is 25.4 Å². The van der Waals surface area contributed by atoms with E-state index < -0.39 is 25.3 Å². The minimum atomic E-state index is -1.73. The molecule has 12 nitrogen and oxygen atoms in total. The van der Waals surface area contributed by atoms with Gasteiger partial charge in [0.15, 0.2) is 8.32 Å². The number of aliphatic imine (C=N–C) groups is 1. The number of carbonyl (C=O) groups is 3. The normalized spacial score (nSPS) is 22.9. The van der Waals surface area contributed by atoms with E-state index in [1.807, 2.05) is 4.90 Å². The van der Waals surface area contributed by atoms with Gasteiger partial charge >= 0.3 is 12.1 Å². The smallest absolute Gasteiger partial charge is 0.435 e. The van der Waals surface area contributed by atoms with Gasteiger partial charge in [0.1, 0.15) is 18.1 Å². The Kier molecular flexibility index (Phi) is 9.00. The van der Waals surface area contributed by atoms with Crippen molar-refractivity contribution in [1.82, 2.24) is 9.80 Å². The van der Waals surface area contributed by atoms with Gasteiger partial charge in [0.2, 0.25) is 5.91 Å². The highest BCUT2D eigenvalue weighted by Crippen LogP contribution is 2.50. The van der Waals surface area contributed by atoms with Crippen molar-refractivity contribution in [1.29, 1.82) is 0 Å². The number of β-lactam (4-membered cyclic amide) rings is 1. The Morgan fingerprint density at radius 1 is 1.25 bits per heavy atom. The number of amidine groups is 1. The number of carboxylic acid groups (broad SMARTS) is 1. The van der Waals surface area contributed by atoms with Crippen molar-refractivity contribution in [2.45, 2.75) is 63.7 Å². The number of carboxylic acids is 1. The van der Waals surface area contributed by atoms with E-state index in [9.17, 15) is 29.6 Å². The van der Waals surface area contributed by atoms with Gasteiger partial charge in [-0.25, -0.2) is 9.59 Å². The molecule has 3 atom stereocenters. The van der Waals surface area contributed by atoms with Crippen molar-refractivity contribution in [3.8, 4) is 0 Å². The summed E-state index contributed by atoms with van der Waals surface area (Å²) in [5.74, 6) is -0.812. The third-order valence-corrected chi connectivity index (χ3v) is 9.62. The van der Waals surface area contributed by atoms with Crippen molar-refractivity contribution in [2.75, 3.05) is 19.7 Å². The van der Waals surface area contributed by atoms with E-state index in [1.54, 1.807) is 6.92 Å². The summed E-state index contributed by atoms with van der Waals surface area (Å²) in [6.45, 7) is 9.74. The Balaban J connectivity index is 1.36. The molecule has 3 aliphatic heterocycles. The van der Waals surface area contributed by atoms with Crippen molar-refractivity contribution in [3.63, 3.8) is 0 Å². The molecule has 14 heteroatoms. The fourth-order valence-corrected chi connectivity index (χ4v) is 7.40. The standard InChI is InChI=1S/C26H34N4O8SSi/c1-16(27-26(34)37-15-17-5-7-18(8-6-17)30(35)36)28-11-9-19(14-28)39-24-20(10-12-38-40(2,3)4)21-13-22(31)29(21)23(24)25(32)33/h5-8,19-21H,9-15H2,1-4H3,(H,32,33)/t19-,20+,21+/m0/s1. The lowest BCUT2D eigenvalue weighted by Crippen LogP contribution is -2.52. The summed E-state index contributed by atoms with van der Waals surface area (Å²) < 4.78 is 11.3. The van der Waals surface area contributed by atoms with Crippen molar-refractivity contribution in [3.05, 3.63) is 50.5 Å². The zero-order valence-corrected chi connectivity index (χ0v) is 24.8. The molecule has 2 fully saturated rings. The number of nitro benzene ring substituents is 1. The Morgan fingerprint density at radius 2 is 1.95 bits per heavy atom. The number of non-ortho nitro benzene ring substituents is 1. The summed E-state index contributed by atoms with van der Waals surface area (Å²) in [6, 6.07) is 5.61. The molecule has 40 heavy (non-hydrogen) atoms. The molecule has 0 aliphatic carbocycles. The average molecular weight is 591 g/mol. The van der Waals surface area contributed by atoms with Gasteiger partial charge in [-0.2, -0.15) is 4.99 Å². The first kappa shape index (κ1) is 29.7. The lowest BCUT2D eigenvalue weighted by molar-refractivity contribution is -0.384. The molecule has 216 valence electrons. The lowest BCUT2D eigenvalue weighted by Gasteiger charge is -2.38. The number of benzene rings is 1. The van der Waals surface area contributed by atoms with E-state index in [0.717, 1.165) is 11.3 Å². The predicted octanol–water partition coefficient (Wildman–Crippen LogP) is 4.23. The monoisotopic (exact) mass is 590 g/mol. The highest BCUT2D eigenvalue weighted by Gasteiger charge is 2.53. The van der Waals surface area contributed by atoms with Crippen molar-refractivity contribution < 1.29 is 33.6 Å². The fraction of sp³-hybridized carbons (Fsp3) is 0.538. The summed E-state index contributed by atoms with van der Waals surface area (Å²) >= 11 is 1.52. The quantitative estimate of drug-likeness (QED) is 0.105. The Hall–Kier alpha value is -3.23. The number of amides is 2. The number of nitrogens with zero attached hydrogens (tertiary/aromatic N) is 4.